The molecule has 1 unspecified atom stereocenters. The average molecular weight is 198 g/mol. The van der Waals surface area contributed by atoms with E-state index < -0.39 is 0 Å². The van der Waals surface area contributed by atoms with Crippen LogP contribution in [0.3, 0.4) is 0 Å². The number of ketones is 1. The number of Topliss-reactive ketones (excluding diaryl/α,β-unsaturated/α-hetero) is 1. The van der Waals surface area contributed by atoms with Crippen LogP contribution in [-0.2, 0) is 9.59 Å². The highest BCUT2D eigenvalue weighted by Gasteiger charge is 2.23. The molecule has 0 aromatic heterocycles. The van der Waals surface area contributed by atoms with Crippen LogP contribution < -0.4 is 5.32 Å². The quantitative estimate of drug-likeness (QED) is 0.703. The topological polar surface area (TPSA) is 49.4 Å². The van der Waals surface area contributed by atoms with Gasteiger partial charge in [0.05, 0.1) is 6.54 Å². The summed E-state index contributed by atoms with van der Waals surface area (Å²) in [5, 5.41) is 2.58. The van der Waals surface area contributed by atoms with Gasteiger partial charge in [0.1, 0.15) is 5.78 Å². The molecule has 0 aliphatic heterocycles. The molecule has 0 radical (unpaired) electrons. The fraction of sp³-hybridized carbons (Fsp3) is 0.800. The Labute approximate surface area is 84.7 Å². The Balaban J connectivity index is 2.39. The summed E-state index contributed by atoms with van der Waals surface area (Å²) in [6, 6.07) is 0.258. The van der Waals surface area contributed by atoms with E-state index in [2.05, 4.69) is 5.32 Å². The summed E-state index contributed by atoms with van der Waals surface area (Å²) in [5.41, 5.74) is 0. The van der Waals surface area contributed by atoms with Crippen molar-refractivity contribution in [2.24, 2.45) is 0 Å². The summed E-state index contributed by atoms with van der Waals surface area (Å²) >= 11 is 0. The maximum absolute atomic E-state index is 11.2. The van der Waals surface area contributed by atoms with Gasteiger partial charge >= 0.3 is 0 Å². The van der Waals surface area contributed by atoms with Crippen LogP contribution in [0.15, 0.2) is 0 Å². The first-order chi connectivity index (χ1) is 6.63. The highest BCUT2D eigenvalue weighted by molar-refractivity contribution is 5.80. The van der Waals surface area contributed by atoms with E-state index >= 15 is 0 Å². The molecule has 80 valence electrons. The predicted molar refractivity (Wildman–Crippen MR) is 54.0 cm³/mol. The van der Waals surface area contributed by atoms with E-state index in [1.54, 1.807) is 7.05 Å². The molecule has 14 heavy (non-hydrogen) atoms. The number of carbonyl (C=O) groups excluding carboxylic acids is 2. The van der Waals surface area contributed by atoms with E-state index in [0.29, 0.717) is 25.2 Å². The monoisotopic (exact) mass is 198 g/mol. The molecule has 0 spiro atoms. The van der Waals surface area contributed by atoms with Crippen molar-refractivity contribution in [3.05, 3.63) is 0 Å². The van der Waals surface area contributed by atoms with Gasteiger partial charge in [-0.1, -0.05) is 0 Å². The number of nitrogens with one attached hydrogen (secondary N) is 1. The lowest BCUT2D eigenvalue weighted by Gasteiger charge is -2.29. The summed E-state index contributed by atoms with van der Waals surface area (Å²) in [7, 11) is 3.53. The maximum atomic E-state index is 11.2. The van der Waals surface area contributed by atoms with E-state index in [1.807, 2.05) is 11.9 Å². The number of nitrogens with zero attached hydrogens (tertiary/aromatic N) is 1. The van der Waals surface area contributed by atoms with Gasteiger partial charge in [-0.25, -0.2) is 0 Å². The number of rotatable bonds is 3. The van der Waals surface area contributed by atoms with Gasteiger partial charge in [0.15, 0.2) is 0 Å². The fourth-order valence-electron chi connectivity index (χ4n) is 1.81. The van der Waals surface area contributed by atoms with Crippen molar-refractivity contribution in [2.75, 3.05) is 20.6 Å². The van der Waals surface area contributed by atoms with Gasteiger partial charge in [-0.2, -0.15) is 0 Å². The molecule has 1 N–H and O–H groups in total. The average Bonchev–Trinajstić information content (AvgIpc) is 2.17. The molecular formula is C10H18N2O2. The van der Waals surface area contributed by atoms with Crippen molar-refractivity contribution < 1.29 is 9.59 Å². The molecule has 0 aromatic carbocycles. The standard InChI is InChI=1S/C10H18N2O2/c1-11-10(14)7-12(2)8-4-3-5-9(13)6-8/h8H,3-7H2,1-2H3,(H,11,14). The van der Waals surface area contributed by atoms with Gasteiger partial charge in [-0.05, 0) is 19.9 Å². The van der Waals surface area contributed by atoms with Crippen molar-refractivity contribution in [3.8, 4) is 0 Å². The molecule has 1 aliphatic rings. The SMILES string of the molecule is CNC(=O)CN(C)C1CCCC(=O)C1. The lowest BCUT2D eigenvalue weighted by atomic mass is 9.93. The first-order valence-corrected chi connectivity index (χ1v) is 5.06. The fourth-order valence-corrected chi connectivity index (χ4v) is 1.81. The molecule has 1 amide bonds. The number of hydrogen-bond acceptors (Lipinski definition) is 3. The van der Waals surface area contributed by atoms with Crippen molar-refractivity contribution in [3.63, 3.8) is 0 Å². The normalized spacial score (nSPS) is 22.5. The Morgan fingerprint density at radius 1 is 1.64 bits per heavy atom. The number of amides is 1. The first-order valence-electron chi connectivity index (χ1n) is 5.06. The molecule has 1 aliphatic carbocycles. The first kappa shape index (κ1) is 11.2. The lowest BCUT2D eigenvalue weighted by molar-refractivity contribution is -0.125. The molecule has 0 bridgehead atoms. The van der Waals surface area contributed by atoms with Gasteiger partial charge in [-0.3, -0.25) is 14.5 Å². The van der Waals surface area contributed by atoms with Crippen LogP contribution in [-0.4, -0.2) is 43.3 Å². The lowest BCUT2D eigenvalue weighted by Crippen LogP contribution is -2.41. The molecule has 0 heterocycles. The van der Waals surface area contributed by atoms with Crippen LogP contribution in [0.5, 0.6) is 0 Å². The second-order valence-electron chi connectivity index (χ2n) is 3.88. The molecule has 0 saturated heterocycles. The van der Waals surface area contributed by atoms with E-state index in [-0.39, 0.29) is 11.9 Å². The molecule has 1 atom stereocenters. The Hall–Kier alpha value is -0.900. The zero-order chi connectivity index (χ0) is 10.6. The Morgan fingerprint density at radius 3 is 2.93 bits per heavy atom. The van der Waals surface area contributed by atoms with Crippen molar-refractivity contribution in [2.45, 2.75) is 31.7 Å². The van der Waals surface area contributed by atoms with Crippen LogP contribution in [0, 0.1) is 0 Å². The minimum Gasteiger partial charge on any atom is -0.358 e. The van der Waals surface area contributed by atoms with Crippen LogP contribution in [0.1, 0.15) is 25.7 Å². The Bertz CT molecular complexity index is 228. The van der Waals surface area contributed by atoms with Gasteiger partial charge in [-0.15, -0.1) is 0 Å². The second kappa shape index (κ2) is 5.10. The van der Waals surface area contributed by atoms with Crippen LogP contribution >= 0.6 is 0 Å². The zero-order valence-electron chi connectivity index (χ0n) is 8.88. The van der Waals surface area contributed by atoms with Crippen molar-refractivity contribution in [1.82, 2.24) is 10.2 Å². The third-order valence-electron chi connectivity index (χ3n) is 2.75. The third kappa shape index (κ3) is 3.10. The second-order valence-corrected chi connectivity index (χ2v) is 3.88. The van der Waals surface area contributed by atoms with E-state index in [1.165, 1.54) is 0 Å². The van der Waals surface area contributed by atoms with Crippen molar-refractivity contribution >= 4 is 11.7 Å². The number of likely N-dealkylation sites (N-methyl/N-ethyl adjacent to an activating group) is 2. The molecule has 1 fully saturated rings. The van der Waals surface area contributed by atoms with E-state index in [9.17, 15) is 9.59 Å². The molecule has 1 rings (SSSR count). The summed E-state index contributed by atoms with van der Waals surface area (Å²) in [6.45, 7) is 0.383. The van der Waals surface area contributed by atoms with Crippen LogP contribution in [0.2, 0.25) is 0 Å². The van der Waals surface area contributed by atoms with E-state index in [0.717, 1.165) is 12.8 Å². The third-order valence-corrected chi connectivity index (χ3v) is 2.75. The number of hydrogen-bond donors (Lipinski definition) is 1. The molecule has 4 heteroatoms. The molecule has 4 nitrogen and oxygen atoms in total. The Kier molecular flexibility index (Phi) is 4.07. The summed E-state index contributed by atoms with van der Waals surface area (Å²) in [4.78, 5) is 24.3. The summed E-state index contributed by atoms with van der Waals surface area (Å²) in [5.74, 6) is 0.329. The molecular weight excluding hydrogens is 180 g/mol. The summed E-state index contributed by atoms with van der Waals surface area (Å²) < 4.78 is 0. The highest BCUT2D eigenvalue weighted by Crippen LogP contribution is 2.18. The highest BCUT2D eigenvalue weighted by atomic mass is 16.2. The van der Waals surface area contributed by atoms with Gasteiger partial charge in [0, 0.05) is 25.9 Å². The van der Waals surface area contributed by atoms with Gasteiger partial charge in [0.2, 0.25) is 5.91 Å². The van der Waals surface area contributed by atoms with Gasteiger partial charge < -0.3 is 5.32 Å². The molecule has 1 saturated carbocycles. The molecule has 0 aromatic rings. The van der Waals surface area contributed by atoms with Crippen molar-refractivity contribution in [1.29, 1.82) is 0 Å². The zero-order valence-corrected chi connectivity index (χ0v) is 8.88. The minimum atomic E-state index is 0.00511. The summed E-state index contributed by atoms with van der Waals surface area (Å²) in [6.07, 6.45) is 3.30. The predicted octanol–water partition coefficient (Wildman–Crippen LogP) is 0.176. The van der Waals surface area contributed by atoms with Crippen LogP contribution in [0.4, 0.5) is 0 Å². The maximum Gasteiger partial charge on any atom is 0.233 e. The Morgan fingerprint density at radius 2 is 2.36 bits per heavy atom. The van der Waals surface area contributed by atoms with Gasteiger partial charge in [0.25, 0.3) is 0 Å². The van der Waals surface area contributed by atoms with Crippen LogP contribution in [0.25, 0.3) is 0 Å². The number of carbonyl (C=O) groups is 2. The minimum absolute atomic E-state index is 0.00511. The van der Waals surface area contributed by atoms with E-state index in [4.69, 9.17) is 0 Å². The smallest absolute Gasteiger partial charge is 0.233 e. The largest absolute Gasteiger partial charge is 0.358 e.